The largest absolute Gasteiger partial charge is 0.491 e. The summed E-state index contributed by atoms with van der Waals surface area (Å²) >= 11 is 0. The van der Waals surface area contributed by atoms with Crippen molar-refractivity contribution in [1.29, 1.82) is 0 Å². The fraction of sp³-hybridized carbons (Fsp3) is 0.143. The van der Waals surface area contributed by atoms with E-state index in [9.17, 15) is 13.6 Å². The van der Waals surface area contributed by atoms with Crippen molar-refractivity contribution < 1.29 is 18.3 Å². The molecule has 2 aromatic carbocycles. The number of nitrogens with zero attached hydrogens (tertiary/aromatic N) is 1. The number of hydrogen-bond donors (Lipinski definition) is 2. The van der Waals surface area contributed by atoms with Crippen LogP contribution in [0.25, 0.3) is 0 Å². The van der Waals surface area contributed by atoms with Crippen molar-refractivity contribution in [2.75, 3.05) is 10.6 Å². The number of carbonyl (C=O) groups is 1. The Labute approximate surface area is 161 Å². The highest BCUT2D eigenvalue weighted by molar-refractivity contribution is 6.04. The van der Waals surface area contributed by atoms with Crippen LogP contribution in [-0.4, -0.2) is 17.0 Å². The minimum Gasteiger partial charge on any atom is -0.491 e. The van der Waals surface area contributed by atoms with Crippen molar-refractivity contribution in [3.05, 3.63) is 78.0 Å². The predicted molar refractivity (Wildman–Crippen MR) is 104 cm³/mol. The van der Waals surface area contributed by atoms with Crippen LogP contribution in [0, 0.1) is 11.6 Å². The van der Waals surface area contributed by atoms with Crippen LogP contribution in [-0.2, 0) is 0 Å². The zero-order valence-electron chi connectivity index (χ0n) is 15.4. The molecule has 1 aromatic heterocycles. The number of rotatable bonds is 6. The van der Waals surface area contributed by atoms with Crippen LogP contribution < -0.4 is 15.4 Å². The average molecular weight is 383 g/mol. The molecule has 144 valence electrons. The lowest BCUT2D eigenvalue weighted by atomic mass is 10.2. The second-order valence-electron chi connectivity index (χ2n) is 6.30. The number of nitrogens with one attached hydrogen (secondary N) is 2. The summed E-state index contributed by atoms with van der Waals surface area (Å²) in [5.74, 6) is -0.878. The van der Waals surface area contributed by atoms with Crippen LogP contribution >= 0.6 is 0 Å². The predicted octanol–water partition coefficient (Wildman–Crippen LogP) is 5.14. The third-order valence-electron chi connectivity index (χ3n) is 3.73. The normalized spacial score (nSPS) is 10.6. The molecule has 0 saturated heterocycles. The molecule has 1 amide bonds. The second kappa shape index (κ2) is 8.47. The highest BCUT2D eigenvalue weighted by atomic mass is 19.1. The number of amides is 1. The van der Waals surface area contributed by atoms with Gasteiger partial charge in [0.1, 0.15) is 28.9 Å². The van der Waals surface area contributed by atoms with Crippen molar-refractivity contribution in [1.82, 2.24) is 4.98 Å². The standard InChI is InChI=1S/C21H19F2N3O2/c1-13(2)28-16-9-7-15(8-10-16)25-21(27)14-6-11-19(24-12-14)26-20-17(22)4-3-5-18(20)23/h3-13H,1-2H3,(H,24,26)(H,25,27). The summed E-state index contributed by atoms with van der Waals surface area (Å²) in [6, 6.07) is 13.6. The Morgan fingerprint density at radius 1 is 1.00 bits per heavy atom. The van der Waals surface area contributed by atoms with Gasteiger partial charge in [-0.2, -0.15) is 0 Å². The van der Waals surface area contributed by atoms with E-state index < -0.39 is 11.6 Å². The molecule has 0 aliphatic rings. The maximum Gasteiger partial charge on any atom is 0.257 e. The number of benzene rings is 2. The molecule has 0 unspecified atom stereocenters. The zero-order valence-corrected chi connectivity index (χ0v) is 15.4. The zero-order chi connectivity index (χ0) is 20.1. The summed E-state index contributed by atoms with van der Waals surface area (Å²) in [5.41, 5.74) is 0.620. The SMILES string of the molecule is CC(C)Oc1ccc(NC(=O)c2ccc(Nc3c(F)cccc3F)nc2)cc1. The van der Waals surface area contributed by atoms with Crippen LogP contribution in [0.2, 0.25) is 0 Å². The van der Waals surface area contributed by atoms with Gasteiger partial charge < -0.3 is 15.4 Å². The van der Waals surface area contributed by atoms with Crippen LogP contribution in [0.4, 0.5) is 26.0 Å². The van der Waals surface area contributed by atoms with E-state index in [1.807, 2.05) is 13.8 Å². The first-order valence-electron chi connectivity index (χ1n) is 8.67. The maximum atomic E-state index is 13.7. The van der Waals surface area contributed by atoms with E-state index in [0.717, 1.165) is 12.1 Å². The van der Waals surface area contributed by atoms with E-state index in [1.54, 1.807) is 24.3 Å². The first kappa shape index (κ1) is 19.3. The summed E-state index contributed by atoms with van der Waals surface area (Å²) in [5, 5.41) is 5.32. The van der Waals surface area contributed by atoms with E-state index in [4.69, 9.17) is 4.74 Å². The molecule has 3 aromatic rings. The number of aromatic nitrogens is 1. The van der Waals surface area contributed by atoms with Gasteiger partial charge in [0.05, 0.1) is 11.7 Å². The molecule has 0 fully saturated rings. The second-order valence-corrected chi connectivity index (χ2v) is 6.30. The topological polar surface area (TPSA) is 63.2 Å². The van der Waals surface area contributed by atoms with Gasteiger partial charge in [0, 0.05) is 11.9 Å². The van der Waals surface area contributed by atoms with Crippen LogP contribution in [0.5, 0.6) is 5.75 Å². The molecule has 0 aliphatic heterocycles. The third-order valence-corrected chi connectivity index (χ3v) is 3.73. The molecule has 0 spiro atoms. The van der Waals surface area contributed by atoms with E-state index in [-0.39, 0.29) is 23.5 Å². The molecule has 3 rings (SSSR count). The molecule has 0 radical (unpaired) electrons. The van der Waals surface area contributed by atoms with Gasteiger partial charge in [-0.25, -0.2) is 13.8 Å². The summed E-state index contributed by atoms with van der Waals surface area (Å²) in [6.07, 6.45) is 1.39. The molecule has 2 N–H and O–H groups in total. The molecule has 0 aliphatic carbocycles. The number of anilines is 3. The van der Waals surface area contributed by atoms with Gasteiger partial charge in [0.2, 0.25) is 0 Å². The molecule has 0 saturated carbocycles. The first-order chi connectivity index (χ1) is 13.4. The van der Waals surface area contributed by atoms with Crippen LogP contribution in [0.1, 0.15) is 24.2 Å². The van der Waals surface area contributed by atoms with Gasteiger partial charge in [-0.05, 0) is 62.4 Å². The summed E-state index contributed by atoms with van der Waals surface area (Å²) < 4.78 is 32.9. The van der Waals surface area contributed by atoms with Crippen molar-refractivity contribution in [3.8, 4) is 5.75 Å². The quantitative estimate of drug-likeness (QED) is 0.618. The number of hydrogen-bond acceptors (Lipinski definition) is 4. The molecule has 7 heteroatoms. The minimum absolute atomic E-state index is 0.0662. The Kier molecular flexibility index (Phi) is 5.84. The maximum absolute atomic E-state index is 13.7. The summed E-state index contributed by atoms with van der Waals surface area (Å²) in [7, 11) is 0. The smallest absolute Gasteiger partial charge is 0.257 e. The van der Waals surface area contributed by atoms with Crippen molar-refractivity contribution in [2.45, 2.75) is 20.0 Å². The number of halogens is 2. The Hall–Kier alpha value is -3.48. The van der Waals surface area contributed by atoms with Gasteiger partial charge in [0.25, 0.3) is 5.91 Å². The molecule has 28 heavy (non-hydrogen) atoms. The Morgan fingerprint density at radius 3 is 2.25 bits per heavy atom. The van der Waals surface area contributed by atoms with E-state index in [0.29, 0.717) is 17.0 Å². The van der Waals surface area contributed by atoms with Gasteiger partial charge >= 0.3 is 0 Å². The fourth-order valence-electron chi connectivity index (χ4n) is 2.44. The molecule has 1 heterocycles. The Balaban J connectivity index is 1.65. The lowest BCUT2D eigenvalue weighted by Gasteiger charge is -2.11. The molecular formula is C21H19F2N3O2. The van der Waals surface area contributed by atoms with Crippen LogP contribution in [0.15, 0.2) is 60.8 Å². The average Bonchev–Trinajstić information content (AvgIpc) is 2.66. The minimum atomic E-state index is -0.728. The van der Waals surface area contributed by atoms with E-state index in [2.05, 4.69) is 15.6 Å². The van der Waals surface area contributed by atoms with E-state index in [1.165, 1.54) is 24.4 Å². The van der Waals surface area contributed by atoms with Crippen molar-refractivity contribution in [2.24, 2.45) is 0 Å². The Morgan fingerprint density at radius 2 is 1.68 bits per heavy atom. The summed E-state index contributed by atoms with van der Waals surface area (Å²) in [6.45, 7) is 3.86. The van der Waals surface area contributed by atoms with E-state index >= 15 is 0 Å². The van der Waals surface area contributed by atoms with Gasteiger partial charge in [-0.1, -0.05) is 6.07 Å². The lowest BCUT2D eigenvalue weighted by Crippen LogP contribution is -2.12. The Bertz CT molecular complexity index is 938. The fourth-order valence-corrected chi connectivity index (χ4v) is 2.44. The summed E-state index contributed by atoms with van der Waals surface area (Å²) in [4.78, 5) is 16.4. The number of para-hydroxylation sites is 1. The lowest BCUT2D eigenvalue weighted by molar-refractivity contribution is 0.102. The molecule has 5 nitrogen and oxygen atoms in total. The van der Waals surface area contributed by atoms with Crippen molar-refractivity contribution in [3.63, 3.8) is 0 Å². The number of pyridine rings is 1. The van der Waals surface area contributed by atoms with Crippen molar-refractivity contribution >= 4 is 23.1 Å². The number of ether oxygens (including phenoxy) is 1. The van der Waals surface area contributed by atoms with Gasteiger partial charge in [-0.15, -0.1) is 0 Å². The molecule has 0 bridgehead atoms. The third kappa shape index (κ3) is 4.82. The monoisotopic (exact) mass is 383 g/mol. The first-order valence-corrected chi connectivity index (χ1v) is 8.67. The molecular weight excluding hydrogens is 364 g/mol. The van der Waals surface area contributed by atoms with Crippen LogP contribution in [0.3, 0.4) is 0 Å². The highest BCUT2D eigenvalue weighted by Gasteiger charge is 2.11. The number of carbonyl (C=O) groups excluding carboxylic acids is 1. The molecule has 0 atom stereocenters. The van der Waals surface area contributed by atoms with Gasteiger partial charge in [0.15, 0.2) is 0 Å². The van der Waals surface area contributed by atoms with Gasteiger partial charge in [-0.3, -0.25) is 4.79 Å². The highest BCUT2D eigenvalue weighted by Crippen LogP contribution is 2.22.